The summed E-state index contributed by atoms with van der Waals surface area (Å²) in [6.45, 7) is 1.79. The molecule has 0 saturated heterocycles. The number of aryl methyl sites for hydroxylation is 1. The maximum Gasteiger partial charge on any atom is 0.320 e. The van der Waals surface area contributed by atoms with Crippen LogP contribution in [0.5, 0.6) is 5.75 Å². The van der Waals surface area contributed by atoms with Gasteiger partial charge >= 0.3 is 6.03 Å². The number of hydrogen-bond acceptors (Lipinski definition) is 7. The topological polar surface area (TPSA) is 123 Å². The summed E-state index contributed by atoms with van der Waals surface area (Å²) in [5, 5.41) is 13.3. The molecular weight excluding hydrogens is 422 g/mol. The second kappa shape index (κ2) is 9.68. The number of benzene rings is 1. The van der Waals surface area contributed by atoms with Crippen molar-refractivity contribution in [2.24, 2.45) is 7.05 Å². The number of hydrogen-bond donors (Lipinski definition) is 3. The van der Waals surface area contributed by atoms with Crippen LogP contribution < -0.4 is 20.7 Å². The number of methoxy groups -OCH3 is 1. The molecule has 0 spiro atoms. The predicted molar refractivity (Wildman–Crippen MR) is 125 cm³/mol. The van der Waals surface area contributed by atoms with Crippen LogP contribution in [0.2, 0.25) is 0 Å². The van der Waals surface area contributed by atoms with Crippen molar-refractivity contribution in [2.45, 2.75) is 38.6 Å². The largest absolute Gasteiger partial charge is 0.494 e. The highest BCUT2D eigenvalue weighted by molar-refractivity contribution is 6.02. The van der Waals surface area contributed by atoms with Gasteiger partial charge in [0.1, 0.15) is 12.1 Å². The number of rotatable bonds is 8. The molecule has 2 heterocycles. The van der Waals surface area contributed by atoms with E-state index >= 15 is 0 Å². The summed E-state index contributed by atoms with van der Waals surface area (Å²) in [5.41, 5.74) is 2.27. The number of amides is 2. The summed E-state index contributed by atoms with van der Waals surface area (Å²) in [7, 11) is 3.36. The van der Waals surface area contributed by atoms with E-state index in [0.29, 0.717) is 46.3 Å². The van der Waals surface area contributed by atoms with Gasteiger partial charge in [0.2, 0.25) is 0 Å². The molecule has 172 valence electrons. The van der Waals surface area contributed by atoms with Crippen LogP contribution in [-0.4, -0.2) is 44.7 Å². The number of para-hydroxylation sites is 1. The van der Waals surface area contributed by atoms with E-state index in [0.717, 1.165) is 19.3 Å². The van der Waals surface area contributed by atoms with Crippen molar-refractivity contribution in [1.82, 2.24) is 25.1 Å². The minimum absolute atomic E-state index is 0.0722. The molecule has 3 aromatic rings. The first kappa shape index (κ1) is 22.3. The zero-order valence-electron chi connectivity index (χ0n) is 18.9. The minimum atomic E-state index is -0.312. The normalized spacial score (nSPS) is 13.2. The van der Waals surface area contributed by atoms with E-state index in [1.54, 1.807) is 38.2 Å². The number of carbonyl (C=O) groups excluding carboxylic acids is 2. The third kappa shape index (κ3) is 4.94. The molecule has 1 saturated carbocycles. The highest BCUT2D eigenvalue weighted by atomic mass is 16.5. The SMILES string of the molecule is CCC(=O)c1cnc(NC(=O)NC2CCC2)cc1Nc1cccc(-c2ncn(C)n2)c1OC. The molecule has 2 aromatic heterocycles. The number of nitrogens with zero attached hydrogens (tertiary/aromatic N) is 4. The Labute approximate surface area is 191 Å². The summed E-state index contributed by atoms with van der Waals surface area (Å²) in [6.07, 6.45) is 6.50. The van der Waals surface area contributed by atoms with Crippen LogP contribution >= 0.6 is 0 Å². The minimum Gasteiger partial charge on any atom is -0.494 e. The van der Waals surface area contributed by atoms with Crippen molar-refractivity contribution in [3.05, 3.63) is 42.4 Å². The molecule has 1 fully saturated rings. The molecule has 3 N–H and O–H groups in total. The van der Waals surface area contributed by atoms with Gasteiger partial charge in [-0.05, 0) is 31.4 Å². The average molecular weight is 450 g/mol. The molecule has 0 radical (unpaired) electrons. The molecule has 1 aromatic carbocycles. The molecule has 0 bridgehead atoms. The van der Waals surface area contributed by atoms with Gasteiger partial charge in [-0.3, -0.25) is 14.8 Å². The Hall–Kier alpha value is -3.95. The first-order chi connectivity index (χ1) is 16.0. The fraction of sp³-hybridized carbons (Fsp3) is 0.348. The molecule has 0 aliphatic heterocycles. The number of carbonyl (C=O) groups is 2. The Morgan fingerprint density at radius 1 is 1.21 bits per heavy atom. The summed E-state index contributed by atoms with van der Waals surface area (Å²) >= 11 is 0. The van der Waals surface area contributed by atoms with Crippen LogP contribution in [0.1, 0.15) is 43.0 Å². The summed E-state index contributed by atoms with van der Waals surface area (Å²) in [4.78, 5) is 33.4. The zero-order chi connectivity index (χ0) is 23.4. The van der Waals surface area contributed by atoms with E-state index in [1.807, 2.05) is 18.2 Å². The number of ether oxygens (including phenoxy) is 1. The van der Waals surface area contributed by atoms with Gasteiger partial charge in [0.15, 0.2) is 17.4 Å². The Morgan fingerprint density at radius 3 is 2.67 bits per heavy atom. The molecule has 10 heteroatoms. The molecule has 1 aliphatic carbocycles. The van der Waals surface area contributed by atoms with Gasteiger partial charge in [0.25, 0.3) is 0 Å². The molecule has 10 nitrogen and oxygen atoms in total. The van der Waals surface area contributed by atoms with Crippen LogP contribution in [0.15, 0.2) is 36.8 Å². The highest BCUT2D eigenvalue weighted by Gasteiger charge is 2.21. The van der Waals surface area contributed by atoms with E-state index in [4.69, 9.17) is 4.74 Å². The Kier molecular flexibility index (Phi) is 6.53. The Balaban J connectivity index is 1.65. The summed E-state index contributed by atoms with van der Waals surface area (Å²) in [5.74, 6) is 1.32. The Morgan fingerprint density at radius 2 is 2.03 bits per heavy atom. The van der Waals surface area contributed by atoms with Crippen LogP contribution in [0, 0.1) is 0 Å². The predicted octanol–water partition coefficient (Wildman–Crippen LogP) is 3.90. The highest BCUT2D eigenvalue weighted by Crippen LogP contribution is 2.37. The van der Waals surface area contributed by atoms with Gasteiger partial charge < -0.3 is 15.4 Å². The van der Waals surface area contributed by atoms with Gasteiger partial charge in [-0.15, -0.1) is 0 Å². The second-order valence-corrected chi connectivity index (χ2v) is 7.87. The first-order valence-corrected chi connectivity index (χ1v) is 10.9. The smallest absolute Gasteiger partial charge is 0.320 e. The van der Waals surface area contributed by atoms with E-state index in [2.05, 4.69) is 31.0 Å². The maximum absolute atomic E-state index is 12.6. The monoisotopic (exact) mass is 449 g/mol. The summed E-state index contributed by atoms with van der Waals surface area (Å²) in [6, 6.07) is 7.09. The lowest BCUT2D eigenvalue weighted by atomic mass is 9.93. The van der Waals surface area contributed by atoms with Gasteiger partial charge in [-0.25, -0.2) is 14.8 Å². The lowest BCUT2D eigenvalue weighted by Crippen LogP contribution is -2.42. The standard InChI is InChI=1S/C23H27N7O3/c1-4-19(31)16-12-24-20(28-23(32)26-14-7-5-8-14)11-18(16)27-17-10-6-9-15(21(17)33-3)22-25-13-30(2)29-22/h6,9-14H,4-5,7-8H2,1-3H3,(H3,24,26,27,28,32). The summed E-state index contributed by atoms with van der Waals surface area (Å²) < 4.78 is 7.28. The third-order valence-corrected chi connectivity index (χ3v) is 5.54. The van der Waals surface area contributed by atoms with Gasteiger partial charge in [0.05, 0.1) is 29.6 Å². The van der Waals surface area contributed by atoms with E-state index < -0.39 is 0 Å². The lowest BCUT2D eigenvalue weighted by Gasteiger charge is -2.26. The number of Topliss-reactive ketones (excluding diaryl/α,β-unsaturated/α-hetero) is 1. The number of aromatic nitrogens is 4. The van der Waals surface area contributed by atoms with Crippen molar-refractivity contribution in [1.29, 1.82) is 0 Å². The van der Waals surface area contributed by atoms with Crippen LogP contribution in [-0.2, 0) is 7.05 Å². The second-order valence-electron chi connectivity index (χ2n) is 7.87. The number of pyridine rings is 1. The number of anilines is 3. The van der Waals surface area contributed by atoms with Crippen LogP contribution in [0.3, 0.4) is 0 Å². The molecule has 4 rings (SSSR count). The van der Waals surface area contributed by atoms with E-state index in [9.17, 15) is 9.59 Å². The van der Waals surface area contributed by atoms with Crippen molar-refractivity contribution < 1.29 is 14.3 Å². The van der Waals surface area contributed by atoms with Gasteiger partial charge in [-0.2, -0.15) is 5.10 Å². The molecule has 1 aliphatic rings. The molecule has 0 unspecified atom stereocenters. The molecular formula is C23H27N7O3. The van der Waals surface area contributed by atoms with Gasteiger partial charge in [-0.1, -0.05) is 13.0 Å². The molecule has 2 amide bonds. The molecule has 0 atom stereocenters. The maximum atomic E-state index is 12.6. The average Bonchev–Trinajstić information content (AvgIpc) is 3.22. The quantitative estimate of drug-likeness (QED) is 0.446. The van der Waals surface area contributed by atoms with Crippen LogP contribution in [0.4, 0.5) is 22.0 Å². The third-order valence-electron chi connectivity index (χ3n) is 5.54. The van der Waals surface area contributed by atoms with Crippen molar-refractivity contribution in [2.75, 3.05) is 17.7 Å². The van der Waals surface area contributed by atoms with Crippen molar-refractivity contribution >= 4 is 29.0 Å². The fourth-order valence-corrected chi connectivity index (χ4v) is 3.57. The Bertz CT molecular complexity index is 1170. The van der Waals surface area contributed by atoms with Gasteiger partial charge in [0, 0.05) is 31.8 Å². The molecule has 33 heavy (non-hydrogen) atoms. The number of nitrogens with one attached hydrogen (secondary N) is 3. The zero-order valence-corrected chi connectivity index (χ0v) is 18.9. The van der Waals surface area contributed by atoms with Crippen LogP contribution in [0.25, 0.3) is 11.4 Å². The lowest BCUT2D eigenvalue weighted by molar-refractivity contribution is 0.0988. The van der Waals surface area contributed by atoms with E-state index in [1.165, 1.54) is 6.20 Å². The number of ketones is 1. The van der Waals surface area contributed by atoms with Crippen molar-refractivity contribution in [3.8, 4) is 17.1 Å². The first-order valence-electron chi connectivity index (χ1n) is 10.9. The fourth-order valence-electron chi connectivity index (χ4n) is 3.57. The van der Waals surface area contributed by atoms with Crippen molar-refractivity contribution in [3.63, 3.8) is 0 Å². The van der Waals surface area contributed by atoms with E-state index in [-0.39, 0.29) is 17.9 Å². The number of urea groups is 1.